The van der Waals surface area contributed by atoms with E-state index < -0.39 is 0 Å². The fourth-order valence-corrected chi connectivity index (χ4v) is 3.63. The minimum Gasteiger partial charge on any atom is -0.459 e. The van der Waals surface area contributed by atoms with Crippen LogP contribution in [0.1, 0.15) is 30.3 Å². The van der Waals surface area contributed by atoms with Crippen molar-refractivity contribution in [2.75, 3.05) is 6.54 Å². The normalized spacial score (nSPS) is 16.8. The number of rotatable bonds is 4. The van der Waals surface area contributed by atoms with Crippen LogP contribution in [-0.2, 0) is 13.6 Å². The van der Waals surface area contributed by atoms with E-state index in [1.165, 1.54) is 5.69 Å². The Kier molecular flexibility index (Phi) is 4.52. The maximum atomic E-state index is 12.7. The van der Waals surface area contributed by atoms with Crippen LogP contribution < -0.4 is 5.32 Å². The molecule has 1 fully saturated rings. The lowest BCUT2D eigenvalue weighted by atomic mass is 10.1. The molecular formula is C21H23N3O2. The van der Waals surface area contributed by atoms with Crippen LogP contribution in [0.4, 0.5) is 4.79 Å². The molecule has 3 heterocycles. The summed E-state index contributed by atoms with van der Waals surface area (Å²) in [6.07, 6.45) is 4.06. The summed E-state index contributed by atoms with van der Waals surface area (Å²) in [4.78, 5) is 14.6. The number of aryl methyl sites for hydroxylation is 1. The van der Waals surface area contributed by atoms with Crippen LogP contribution in [0.3, 0.4) is 0 Å². The highest BCUT2D eigenvalue weighted by atomic mass is 16.3. The van der Waals surface area contributed by atoms with E-state index >= 15 is 0 Å². The van der Waals surface area contributed by atoms with Crippen LogP contribution in [0.25, 0.3) is 11.3 Å². The van der Waals surface area contributed by atoms with E-state index in [4.69, 9.17) is 4.42 Å². The van der Waals surface area contributed by atoms with E-state index in [9.17, 15) is 4.79 Å². The smallest absolute Gasteiger partial charge is 0.318 e. The van der Waals surface area contributed by atoms with Gasteiger partial charge in [-0.3, -0.25) is 0 Å². The molecule has 134 valence electrons. The van der Waals surface area contributed by atoms with Gasteiger partial charge in [0, 0.05) is 31.0 Å². The third-order valence-corrected chi connectivity index (χ3v) is 4.97. The lowest BCUT2D eigenvalue weighted by Gasteiger charge is -2.25. The molecule has 1 N–H and O–H groups in total. The topological polar surface area (TPSA) is 50.4 Å². The monoisotopic (exact) mass is 349 g/mol. The SMILES string of the molecule is Cn1cccc1[C@H]1CCCN1C(=O)NCc1ccc(-c2ccccc2)o1. The molecule has 1 aliphatic heterocycles. The number of urea groups is 1. The van der Waals surface area contributed by atoms with Crippen LogP contribution >= 0.6 is 0 Å². The summed E-state index contributed by atoms with van der Waals surface area (Å²) >= 11 is 0. The second-order valence-electron chi connectivity index (χ2n) is 6.69. The number of nitrogens with zero attached hydrogens (tertiary/aromatic N) is 2. The van der Waals surface area contributed by atoms with Crippen LogP contribution in [0.2, 0.25) is 0 Å². The predicted octanol–water partition coefficient (Wildman–Crippen LogP) is 4.33. The van der Waals surface area contributed by atoms with Gasteiger partial charge in [-0.05, 0) is 37.1 Å². The van der Waals surface area contributed by atoms with Crippen LogP contribution in [0.5, 0.6) is 0 Å². The Morgan fingerprint density at radius 2 is 2.00 bits per heavy atom. The van der Waals surface area contributed by atoms with E-state index in [0.29, 0.717) is 6.54 Å². The number of likely N-dealkylation sites (tertiary alicyclic amines) is 1. The molecule has 2 amide bonds. The average Bonchev–Trinajstić information content (AvgIpc) is 3.40. The first-order valence-electron chi connectivity index (χ1n) is 9.02. The predicted molar refractivity (Wildman–Crippen MR) is 100 cm³/mol. The van der Waals surface area contributed by atoms with Crippen molar-refractivity contribution in [3.05, 3.63) is 72.2 Å². The summed E-state index contributed by atoms with van der Waals surface area (Å²) in [6, 6.07) is 18.1. The molecule has 0 spiro atoms. The van der Waals surface area contributed by atoms with E-state index in [0.717, 1.165) is 36.5 Å². The lowest BCUT2D eigenvalue weighted by molar-refractivity contribution is 0.190. The molecule has 5 heteroatoms. The van der Waals surface area contributed by atoms with Crippen molar-refractivity contribution in [2.24, 2.45) is 7.05 Å². The van der Waals surface area contributed by atoms with Crippen molar-refractivity contribution in [1.29, 1.82) is 0 Å². The molecule has 1 atom stereocenters. The van der Waals surface area contributed by atoms with Gasteiger partial charge in [0.25, 0.3) is 0 Å². The van der Waals surface area contributed by atoms with E-state index in [1.54, 1.807) is 0 Å². The fourth-order valence-electron chi connectivity index (χ4n) is 3.63. The van der Waals surface area contributed by atoms with E-state index in [1.807, 2.05) is 66.7 Å². The Labute approximate surface area is 153 Å². The molecule has 0 saturated carbocycles. The zero-order valence-corrected chi connectivity index (χ0v) is 14.9. The largest absolute Gasteiger partial charge is 0.459 e. The van der Waals surface area contributed by atoms with Gasteiger partial charge in [-0.2, -0.15) is 0 Å². The summed E-state index contributed by atoms with van der Waals surface area (Å²) in [6.45, 7) is 1.18. The number of nitrogens with one attached hydrogen (secondary N) is 1. The minimum absolute atomic E-state index is 0.0358. The summed E-state index contributed by atoms with van der Waals surface area (Å²) in [5.41, 5.74) is 2.22. The molecule has 0 aliphatic carbocycles. The number of furan rings is 1. The Morgan fingerprint density at radius 3 is 2.77 bits per heavy atom. The standard InChI is InChI=1S/C21H23N3O2/c1-23-13-5-9-18(23)19-10-6-14-24(19)21(25)22-15-17-11-12-20(26-17)16-7-3-2-4-8-16/h2-5,7-9,11-13,19H,6,10,14-15H2,1H3,(H,22,25)/t19-/m1/s1. The Hall–Kier alpha value is -2.95. The first kappa shape index (κ1) is 16.5. The highest BCUT2D eigenvalue weighted by molar-refractivity contribution is 5.75. The van der Waals surface area contributed by atoms with Crippen LogP contribution in [0, 0.1) is 0 Å². The maximum Gasteiger partial charge on any atom is 0.318 e. The van der Waals surface area contributed by atoms with Gasteiger partial charge in [0.05, 0.1) is 12.6 Å². The first-order valence-corrected chi connectivity index (χ1v) is 9.02. The molecule has 1 saturated heterocycles. The number of amides is 2. The second kappa shape index (κ2) is 7.12. The molecule has 26 heavy (non-hydrogen) atoms. The van der Waals surface area contributed by atoms with Crippen molar-refractivity contribution in [3.8, 4) is 11.3 Å². The molecule has 4 rings (SSSR count). The maximum absolute atomic E-state index is 12.7. The molecule has 3 aromatic rings. The molecular weight excluding hydrogens is 326 g/mol. The van der Waals surface area contributed by atoms with Crippen molar-refractivity contribution in [1.82, 2.24) is 14.8 Å². The molecule has 2 aromatic heterocycles. The zero-order valence-electron chi connectivity index (χ0n) is 14.9. The summed E-state index contributed by atoms with van der Waals surface area (Å²) in [7, 11) is 2.03. The van der Waals surface area contributed by atoms with Crippen molar-refractivity contribution in [2.45, 2.75) is 25.4 Å². The number of aromatic nitrogens is 1. The van der Waals surface area contributed by atoms with Gasteiger partial charge in [0.1, 0.15) is 11.5 Å². The van der Waals surface area contributed by atoms with Crippen molar-refractivity contribution in [3.63, 3.8) is 0 Å². The molecule has 0 radical (unpaired) electrons. The molecule has 1 aromatic carbocycles. The third-order valence-electron chi connectivity index (χ3n) is 4.97. The Bertz CT molecular complexity index is 882. The molecule has 0 unspecified atom stereocenters. The summed E-state index contributed by atoms with van der Waals surface area (Å²) < 4.78 is 7.96. The second-order valence-corrected chi connectivity index (χ2v) is 6.69. The van der Waals surface area contributed by atoms with Gasteiger partial charge in [0.2, 0.25) is 0 Å². The molecule has 0 bridgehead atoms. The number of hydrogen-bond acceptors (Lipinski definition) is 2. The average molecular weight is 349 g/mol. The Balaban J connectivity index is 1.40. The van der Waals surface area contributed by atoms with Gasteiger partial charge in [-0.1, -0.05) is 30.3 Å². The number of benzene rings is 1. The summed E-state index contributed by atoms with van der Waals surface area (Å²) in [5, 5.41) is 3.00. The zero-order chi connectivity index (χ0) is 17.9. The van der Waals surface area contributed by atoms with Crippen LogP contribution in [-0.4, -0.2) is 22.0 Å². The van der Waals surface area contributed by atoms with Gasteiger partial charge in [0.15, 0.2) is 0 Å². The number of carbonyl (C=O) groups excluding carboxylic acids is 1. The minimum atomic E-state index is -0.0358. The van der Waals surface area contributed by atoms with Crippen molar-refractivity contribution < 1.29 is 9.21 Å². The molecule has 1 aliphatic rings. The fraction of sp³-hybridized carbons (Fsp3) is 0.286. The van der Waals surface area contributed by atoms with E-state index in [-0.39, 0.29) is 12.1 Å². The molecule has 5 nitrogen and oxygen atoms in total. The van der Waals surface area contributed by atoms with Crippen LogP contribution in [0.15, 0.2) is 65.2 Å². The third kappa shape index (κ3) is 3.25. The van der Waals surface area contributed by atoms with Gasteiger partial charge < -0.3 is 19.2 Å². The highest BCUT2D eigenvalue weighted by Gasteiger charge is 2.31. The van der Waals surface area contributed by atoms with Gasteiger partial charge in [-0.15, -0.1) is 0 Å². The number of hydrogen-bond donors (Lipinski definition) is 1. The van der Waals surface area contributed by atoms with Gasteiger partial charge in [-0.25, -0.2) is 4.79 Å². The quantitative estimate of drug-likeness (QED) is 0.762. The van der Waals surface area contributed by atoms with Crippen molar-refractivity contribution >= 4 is 6.03 Å². The summed E-state index contributed by atoms with van der Waals surface area (Å²) in [5.74, 6) is 1.57. The van der Waals surface area contributed by atoms with E-state index in [2.05, 4.69) is 16.0 Å². The highest BCUT2D eigenvalue weighted by Crippen LogP contribution is 2.31. The number of carbonyl (C=O) groups is 1. The lowest BCUT2D eigenvalue weighted by Crippen LogP contribution is -2.39. The first-order chi connectivity index (χ1) is 12.7. The van der Waals surface area contributed by atoms with Gasteiger partial charge >= 0.3 is 6.03 Å². The Morgan fingerprint density at radius 1 is 1.15 bits per heavy atom.